The number of rotatable bonds is 14. The minimum absolute atomic E-state index is 0.0178. The number of likely N-dealkylation sites (tertiary alicyclic amines) is 1. The fourth-order valence-corrected chi connectivity index (χ4v) is 7.45. The minimum atomic E-state index is -1.05. The van der Waals surface area contributed by atoms with Gasteiger partial charge in [-0.15, -0.1) is 0 Å². The Morgan fingerprint density at radius 3 is 2.36 bits per heavy atom. The van der Waals surface area contributed by atoms with Crippen LogP contribution in [0.5, 0.6) is 5.75 Å². The second-order valence-electron chi connectivity index (χ2n) is 14.3. The van der Waals surface area contributed by atoms with Gasteiger partial charge in [0.05, 0.1) is 17.3 Å². The molecule has 284 valence electrons. The molecule has 11 nitrogen and oxygen atoms in total. The van der Waals surface area contributed by atoms with Crippen molar-refractivity contribution < 1.29 is 24.9 Å². The number of benzene rings is 3. The van der Waals surface area contributed by atoms with Gasteiger partial charge in [-0.05, 0) is 119 Å². The number of phenols is 1. The van der Waals surface area contributed by atoms with Crippen LogP contribution in [0.4, 0.5) is 10.5 Å². The molecule has 2 heterocycles. The largest absolute Gasteiger partial charge is 0.506 e. The van der Waals surface area contributed by atoms with Crippen molar-refractivity contribution in [3.05, 3.63) is 94.8 Å². The van der Waals surface area contributed by atoms with Gasteiger partial charge in [0.1, 0.15) is 5.75 Å². The van der Waals surface area contributed by atoms with Gasteiger partial charge in [0.2, 0.25) is 11.5 Å². The van der Waals surface area contributed by atoms with Crippen molar-refractivity contribution in [1.82, 2.24) is 20.5 Å². The number of aromatic hydroxyl groups is 1. The summed E-state index contributed by atoms with van der Waals surface area (Å²) in [6.45, 7) is 4.87. The summed E-state index contributed by atoms with van der Waals surface area (Å²) in [5, 5.41) is 38.9. The first-order valence-electron chi connectivity index (χ1n) is 19.2. The molecule has 4 aromatic rings. The second kappa shape index (κ2) is 20.5. The van der Waals surface area contributed by atoms with E-state index in [1.807, 2.05) is 42.5 Å². The van der Waals surface area contributed by atoms with E-state index >= 15 is 0 Å². The SMILES string of the molecule is O=C(CCCCNC[C@H](O)c1ccc(O)c2[nH]c(=O)ccc12)NC1CCC(CCN2CCCCC2)CC1.O=C(O)Nc1ccccc1-c1ccccc1. The molecular formula is C42H55N5O6. The molecule has 7 N–H and O–H groups in total. The maximum absolute atomic E-state index is 12.4. The fourth-order valence-electron chi connectivity index (χ4n) is 7.45. The summed E-state index contributed by atoms with van der Waals surface area (Å²) in [7, 11) is 0. The predicted molar refractivity (Wildman–Crippen MR) is 210 cm³/mol. The topological polar surface area (TPSA) is 167 Å². The number of piperidine rings is 1. The van der Waals surface area contributed by atoms with E-state index in [2.05, 4.69) is 25.8 Å². The quantitative estimate of drug-likeness (QED) is 0.0681. The standard InChI is InChI=1S/C29H44N4O4.C13H11NO2/c34-25-13-11-23(24-12-14-28(37)32-29(24)25)26(35)20-30-16-3-2-6-27(36)31-22-9-7-21(8-10-22)15-19-33-17-4-1-5-18-33;15-13(16)14-12-9-5-4-8-11(12)10-6-2-1-3-7-10/h11-14,21-22,26,30,34-35H,1-10,15-20H2,(H,31,36)(H,32,37);1-9,14H,(H,15,16)/t21?,22?,26-;/m0./s1. The third kappa shape index (κ3) is 12.4. The summed E-state index contributed by atoms with van der Waals surface area (Å²) in [5.41, 5.74) is 3.16. The monoisotopic (exact) mass is 725 g/mol. The number of amides is 2. The van der Waals surface area contributed by atoms with E-state index in [4.69, 9.17) is 5.11 Å². The molecule has 2 aliphatic rings. The zero-order valence-corrected chi connectivity index (χ0v) is 30.6. The molecule has 1 aliphatic carbocycles. The van der Waals surface area contributed by atoms with Gasteiger partial charge in [0.25, 0.3) is 0 Å². The average molecular weight is 726 g/mol. The molecule has 1 aromatic heterocycles. The maximum atomic E-state index is 12.4. The third-order valence-corrected chi connectivity index (χ3v) is 10.4. The van der Waals surface area contributed by atoms with Gasteiger partial charge in [-0.25, -0.2) is 4.79 Å². The highest BCUT2D eigenvalue weighted by Gasteiger charge is 2.23. The van der Waals surface area contributed by atoms with Crippen molar-refractivity contribution >= 4 is 28.6 Å². The highest BCUT2D eigenvalue weighted by molar-refractivity contribution is 5.90. The number of hydrogen-bond donors (Lipinski definition) is 7. The third-order valence-electron chi connectivity index (χ3n) is 10.4. The number of pyridine rings is 1. The van der Waals surface area contributed by atoms with E-state index in [1.165, 1.54) is 70.3 Å². The van der Waals surface area contributed by atoms with Crippen LogP contribution in [-0.2, 0) is 4.79 Å². The number of carboxylic acid groups (broad SMARTS) is 1. The average Bonchev–Trinajstić information content (AvgIpc) is 3.17. The predicted octanol–water partition coefficient (Wildman–Crippen LogP) is 7.02. The number of aromatic nitrogens is 1. The number of fused-ring (bicyclic) bond motifs is 1. The number of nitrogens with zero attached hydrogens (tertiary/aromatic N) is 1. The number of para-hydroxylation sites is 1. The molecule has 0 spiro atoms. The molecule has 2 fully saturated rings. The van der Waals surface area contributed by atoms with Crippen LogP contribution in [0.2, 0.25) is 0 Å². The van der Waals surface area contributed by atoms with Crippen LogP contribution < -0.4 is 21.5 Å². The molecule has 2 amide bonds. The number of H-pyrrole nitrogens is 1. The molecule has 1 saturated carbocycles. The van der Waals surface area contributed by atoms with Gasteiger partial charge in [0.15, 0.2) is 0 Å². The number of aromatic amines is 1. The highest BCUT2D eigenvalue weighted by Crippen LogP contribution is 2.30. The van der Waals surface area contributed by atoms with Crippen LogP contribution in [0, 0.1) is 5.92 Å². The smallest absolute Gasteiger partial charge is 0.409 e. The van der Waals surface area contributed by atoms with Crippen molar-refractivity contribution in [3.63, 3.8) is 0 Å². The van der Waals surface area contributed by atoms with Gasteiger partial charge in [0, 0.05) is 36.0 Å². The lowest BCUT2D eigenvalue weighted by atomic mass is 9.84. The van der Waals surface area contributed by atoms with Crippen molar-refractivity contribution in [2.45, 2.75) is 82.8 Å². The number of phenolic OH excluding ortho intramolecular Hbond substituents is 1. The number of unbranched alkanes of at least 4 members (excludes halogenated alkanes) is 1. The fraction of sp³-hybridized carbons (Fsp3) is 0.452. The van der Waals surface area contributed by atoms with Gasteiger partial charge >= 0.3 is 6.09 Å². The normalized spacial score (nSPS) is 18.1. The van der Waals surface area contributed by atoms with E-state index in [0.29, 0.717) is 47.7 Å². The van der Waals surface area contributed by atoms with E-state index in [-0.39, 0.29) is 17.2 Å². The van der Waals surface area contributed by atoms with E-state index in [9.17, 15) is 24.6 Å². The summed E-state index contributed by atoms with van der Waals surface area (Å²) in [6.07, 6.45) is 10.5. The van der Waals surface area contributed by atoms with Crippen molar-refractivity contribution in [3.8, 4) is 16.9 Å². The van der Waals surface area contributed by atoms with Crippen molar-refractivity contribution in [1.29, 1.82) is 0 Å². The molecule has 0 bridgehead atoms. The Kier molecular flexibility index (Phi) is 15.3. The molecule has 6 rings (SSSR count). The summed E-state index contributed by atoms with van der Waals surface area (Å²) in [6, 6.07) is 23.5. The van der Waals surface area contributed by atoms with E-state index < -0.39 is 12.2 Å². The second-order valence-corrected chi connectivity index (χ2v) is 14.3. The molecule has 3 aromatic carbocycles. The Morgan fingerprint density at radius 2 is 1.60 bits per heavy atom. The number of anilines is 1. The molecule has 1 saturated heterocycles. The van der Waals surface area contributed by atoms with Crippen LogP contribution in [0.25, 0.3) is 22.0 Å². The summed E-state index contributed by atoms with van der Waals surface area (Å²) < 4.78 is 0. The van der Waals surface area contributed by atoms with Gasteiger partial charge in [-0.1, -0.05) is 61.0 Å². The number of aliphatic hydroxyl groups excluding tert-OH is 1. The lowest BCUT2D eigenvalue weighted by Crippen LogP contribution is -2.38. The number of hydrogen-bond acceptors (Lipinski definition) is 7. The van der Waals surface area contributed by atoms with E-state index in [1.54, 1.807) is 24.3 Å². The first-order chi connectivity index (χ1) is 25.8. The number of aliphatic hydroxyl groups is 1. The number of nitrogens with one attached hydrogen (secondary N) is 4. The summed E-state index contributed by atoms with van der Waals surface area (Å²) in [5.74, 6) is 0.954. The highest BCUT2D eigenvalue weighted by atomic mass is 16.4. The first-order valence-corrected chi connectivity index (χ1v) is 19.2. The molecule has 1 atom stereocenters. The van der Waals surface area contributed by atoms with Gasteiger partial charge in [-0.2, -0.15) is 0 Å². The Hall–Kier alpha value is -4.71. The molecule has 11 heteroatoms. The zero-order chi connectivity index (χ0) is 37.4. The lowest BCUT2D eigenvalue weighted by molar-refractivity contribution is -0.122. The molecule has 0 radical (unpaired) electrons. The Bertz CT molecular complexity index is 1800. The van der Waals surface area contributed by atoms with Crippen LogP contribution in [-0.4, -0.2) is 76.0 Å². The minimum Gasteiger partial charge on any atom is -0.506 e. The van der Waals surface area contributed by atoms with E-state index in [0.717, 1.165) is 42.7 Å². The summed E-state index contributed by atoms with van der Waals surface area (Å²) >= 11 is 0. The summed E-state index contributed by atoms with van der Waals surface area (Å²) in [4.78, 5) is 39.9. The molecule has 53 heavy (non-hydrogen) atoms. The Labute approximate surface area is 311 Å². The number of carbonyl (C=O) groups is 2. The zero-order valence-electron chi connectivity index (χ0n) is 30.6. The van der Waals surface area contributed by atoms with Crippen molar-refractivity contribution in [2.24, 2.45) is 5.92 Å². The van der Waals surface area contributed by atoms with Gasteiger partial charge in [-0.3, -0.25) is 14.9 Å². The molecular weight excluding hydrogens is 670 g/mol. The lowest BCUT2D eigenvalue weighted by Gasteiger charge is -2.32. The molecule has 1 aliphatic heterocycles. The van der Waals surface area contributed by atoms with Crippen LogP contribution in [0.1, 0.15) is 82.3 Å². The van der Waals surface area contributed by atoms with Crippen LogP contribution in [0.15, 0.2) is 83.7 Å². The molecule has 0 unspecified atom stereocenters. The van der Waals surface area contributed by atoms with Crippen LogP contribution >= 0.6 is 0 Å². The maximum Gasteiger partial charge on any atom is 0.409 e. The Balaban J connectivity index is 0.000000281. The van der Waals surface area contributed by atoms with Crippen LogP contribution in [0.3, 0.4) is 0 Å². The first kappa shape index (κ1) is 39.5. The number of carbonyl (C=O) groups excluding carboxylic acids is 1. The van der Waals surface area contributed by atoms with Gasteiger partial charge < -0.3 is 35.8 Å². The van der Waals surface area contributed by atoms with Crippen molar-refractivity contribution in [2.75, 3.05) is 38.0 Å². The Morgan fingerprint density at radius 1 is 0.868 bits per heavy atom.